The molecule has 0 bridgehead atoms. The molecule has 1 aromatic rings. The molecule has 0 aliphatic heterocycles. The van der Waals surface area contributed by atoms with Crippen LogP contribution in [0.3, 0.4) is 0 Å². The van der Waals surface area contributed by atoms with Crippen molar-refractivity contribution in [1.29, 1.82) is 0 Å². The first-order chi connectivity index (χ1) is 13.3. The molecule has 0 heterocycles. The number of rotatable bonds is 8. The van der Waals surface area contributed by atoms with Crippen LogP contribution in [0.15, 0.2) is 30.3 Å². The van der Waals surface area contributed by atoms with Gasteiger partial charge in [-0.1, -0.05) is 57.5 Å². The van der Waals surface area contributed by atoms with Gasteiger partial charge in [0.1, 0.15) is 12.2 Å². The van der Waals surface area contributed by atoms with E-state index in [2.05, 4.69) is 12.2 Å². The monoisotopic (exact) mass is 390 g/mol. The lowest BCUT2D eigenvalue weighted by Crippen LogP contribution is -2.57. The fraction of sp³-hybridized carbons (Fsp3) is 0.636. The van der Waals surface area contributed by atoms with Crippen molar-refractivity contribution in [3.8, 4) is 0 Å². The first-order valence-electron chi connectivity index (χ1n) is 10.2. The van der Waals surface area contributed by atoms with Gasteiger partial charge in [0, 0.05) is 13.1 Å². The second-order valence-corrected chi connectivity index (χ2v) is 8.29. The number of esters is 1. The largest absolute Gasteiger partial charge is 0.464 e. The van der Waals surface area contributed by atoms with Gasteiger partial charge in [0.05, 0.1) is 5.92 Å². The average Bonchev–Trinajstić information content (AvgIpc) is 2.66. The summed E-state index contributed by atoms with van der Waals surface area (Å²) in [5.41, 5.74) is 4.78. The second-order valence-electron chi connectivity index (χ2n) is 8.29. The van der Waals surface area contributed by atoms with E-state index >= 15 is 0 Å². The maximum Gasteiger partial charge on any atom is 0.315 e. The van der Waals surface area contributed by atoms with Gasteiger partial charge in [0.15, 0.2) is 0 Å². The van der Waals surface area contributed by atoms with E-state index in [1.54, 1.807) is 0 Å². The molecule has 1 aromatic carbocycles. The fourth-order valence-electron chi connectivity index (χ4n) is 4.26. The number of hydrogen-bond donors (Lipinski definition) is 3. The Morgan fingerprint density at radius 1 is 1.29 bits per heavy atom. The number of carbonyl (C=O) groups is 2. The minimum Gasteiger partial charge on any atom is -0.464 e. The Morgan fingerprint density at radius 2 is 1.96 bits per heavy atom. The molecule has 1 fully saturated rings. The van der Waals surface area contributed by atoms with Gasteiger partial charge in [0.2, 0.25) is 0 Å². The smallest absolute Gasteiger partial charge is 0.315 e. The minimum atomic E-state index is -1.41. The van der Waals surface area contributed by atoms with E-state index in [1.165, 1.54) is 0 Å². The summed E-state index contributed by atoms with van der Waals surface area (Å²) in [5, 5.41) is 14.1. The van der Waals surface area contributed by atoms with Crippen LogP contribution in [0, 0.1) is 17.8 Å². The molecule has 1 aliphatic carbocycles. The number of aliphatic hydroxyl groups is 1. The number of ether oxygens (including phenoxy) is 1. The SMILES string of the molecule is CC(C)[C@@H]1CC[C@@H](C)C[C@@]1(O)C(=O)NCC(C(=O)OCCN)c1ccccc1. The van der Waals surface area contributed by atoms with Crippen LogP contribution < -0.4 is 11.1 Å². The van der Waals surface area contributed by atoms with E-state index in [0.717, 1.165) is 18.4 Å². The highest BCUT2D eigenvalue weighted by Gasteiger charge is 2.48. The highest BCUT2D eigenvalue weighted by molar-refractivity contribution is 5.86. The molecule has 0 spiro atoms. The summed E-state index contributed by atoms with van der Waals surface area (Å²) in [7, 11) is 0. The van der Waals surface area contributed by atoms with Crippen LogP contribution in [-0.4, -0.2) is 42.3 Å². The number of nitrogens with one attached hydrogen (secondary N) is 1. The maximum atomic E-state index is 13.0. The highest BCUT2D eigenvalue weighted by atomic mass is 16.5. The van der Waals surface area contributed by atoms with Gasteiger partial charge < -0.3 is 20.9 Å². The first-order valence-corrected chi connectivity index (χ1v) is 10.2. The number of carbonyl (C=O) groups excluding carboxylic acids is 2. The summed E-state index contributed by atoms with van der Waals surface area (Å²) in [5.74, 6) is -1.08. The summed E-state index contributed by atoms with van der Waals surface area (Å²) in [6.45, 7) is 6.59. The van der Waals surface area contributed by atoms with Crippen molar-refractivity contribution in [3.63, 3.8) is 0 Å². The Bertz CT molecular complexity index is 649. The van der Waals surface area contributed by atoms with Crippen molar-refractivity contribution in [2.45, 2.75) is 51.6 Å². The van der Waals surface area contributed by atoms with Gasteiger partial charge in [-0.2, -0.15) is 0 Å². The predicted octanol–water partition coefficient (Wildman–Crippen LogP) is 2.21. The topological polar surface area (TPSA) is 102 Å². The number of amides is 1. The Labute approximate surface area is 167 Å². The van der Waals surface area contributed by atoms with Crippen LogP contribution >= 0.6 is 0 Å². The lowest BCUT2D eigenvalue weighted by Gasteiger charge is -2.43. The van der Waals surface area contributed by atoms with E-state index in [-0.39, 0.29) is 37.5 Å². The lowest BCUT2D eigenvalue weighted by atomic mass is 9.66. The van der Waals surface area contributed by atoms with E-state index in [1.807, 2.05) is 44.2 Å². The highest BCUT2D eigenvalue weighted by Crippen LogP contribution is 2.41. The number of benzene rings is 1. The Balaban J connectivity index is 2.14. The second kappa shape index (κ2) is 10.0. The van der Waals surface area contributed by atoms with Gasteiger partial charge in [0.25, 0.3) is 5.91 Å². The van der Waals surface area contributed by atoms with Crippen LogP contribution in [0.25, 0.3) is 0 Å². The van der Waals surface area contributed by atoms with Gasteiger partial charge in [-0.25, -0.2) is 0 Å². The molecular formula is C22H34N2O4. The molecule has 6 heteroatoms. The summed E-state index contributed by atoms with van der Waals surface area (Å²) in [6.07, 6.45) is 2.27. The third kappa shape index (κ3) is 5.32. The molecular weight excluding hydrogens is 356 g/mol. The maximum absolute atomic E-state index is 13.0. The van der Waals surface area contributed by atoms with Crippen LogP contribution in [0.2, 0.25) is 0 Å². The van der Waals surface area contributed by atoms with Crippen molar-refractivity contribution >= 4 is 11.9 Å². The van der Waals surface area contributed by atoms with Crippen molar-refractivity contribution in [1.82, 2.24) is 5.32 Å². The summed E-state index contributed by atoms with van der Waals surface area (Å²) in [4.78, 5) is 25.5. The molecule has 0 aromatic heterocycles. The van der Waals surface area contributed by atoms with Gasteiger partial charge >= 0.3 is 5.97 Å². The first kappa shape index (κ1) is 22.4. The molecule has 1 amide bonds. The minimum absolute atomic E-state index is 0.0771. The van der Waals surface area contributed by atoms with E-state index in [9.17, 15) is 14.7 Å². The van der Waals surface area contributed by atoms with Crippen LogP contribution in [0.1, 0.15) is 51.5 Å². The molecule has 156 valence electrons. The average molecular weight is 391 g/mol. The van der Waals surface area contributed by atoms with E-state index < -0.39 is 23.4 Å². The molecule has 1 saturated carbocycles. The fourth-order valence-corrected chi connectivity index (χ4v) is 4.26. The normalized spacial score (nSPS) is 25.9. The lowest BCUT2D eigenvalue weighted by molar-refractivity contribution is -0.156. The van der Waals surface area contributed by atoms with Crippen molar-refractivity contribution < 1.29 is 19.4 Å². The molecule has 1 aliphatic rings. The van der Waals surface area contributed by atoms with Crippen molar-refractivity contribution in [2.75, 3.05) is 19.7 Å². The molecule has 0 radical (unpaired) electrons. The molecule has 1 unspecified atom stereocenters. The predicted molar refractivity (Wildman–Crippen MR) is 108 cm³/mol. The van der Waals surface area contributed by atoms with Gasteiger partial charge in [-0.15, -0.1) is 0 Å². The van der Waals surface area contributed by atoms with Crippen LogP contribution in [-0.2, 0) is 14.3 Å². The van der Waals surface area contributed by atoms with Crippen LogP contribution in [0.5, 0.6) is 0 Å². The quantitative estimate of drug-likeness (QED) is 0.591. The zero-order chi connectivity index (χ0) is 20.7. The zero-order valence-electron chi connectivity index (χ0n) is 17.2. The Morgan fingerprint density at radius 3 is 2.57 bits per heavy atom. The zero-order valence-corrected chi connectivity index (χ0v) is 17.2. The van der Waals surface area contributed by atoms with Gasteiger partial charge in [-0.05, 0) is 36.2 Å². The van der Waals surface area contributed by atoms with E-state index in [4.69, 9.17) is 10.5 Å². The summed E-state index contributed by atoms with van der Waals surface area (Å²) in [6, 6.07) is 9.20. The van der Waals surface area contributed by atoms with E-state index in [0.29, 0.717) is 6.42 Å². The molecule has 4 atom stereocenters. The summed E-state index contributed by atoms with van der Waals surface area (Å²) >= 11 is 0. The van der Waals surface area contributed by atoms with Crippen molar-refractivity contribution in [2.24, 2.45) is 23.5 Å². The van der Waals surface area contributed by atoms with Gasteiger partial charge in [-0.3, -0.25) is 9.59 Å². The summed E-state index contributed by atoms with van der Waals surface area (Å²) < 4.78 is 5.21. The molecule has 2 rings (SSSR count). The molecule has 28 heavy (non-hydrogen) atoms. The van der Waals surface area contributed by atoms with Crippen molar-refractivity contribution in [3.05, 3.63) is 35.9 Å². The molecule has 4 N–H and O–H groups in total. The Hall–Kier alpha value is -1.92. The van der Waals surface area contributed by atoms with Crippen LogP contribution in [0.4, 0.5) is 0 Å². The molecule has 0 saturated heterocycles. The third-order valence-corrected chi connectivity index (χ3v) is 5.76. The third-order valence-electron chi connectivity index (χ3n) is 5.76. The Kier molecular flexibility index (Phi) is 8.01. The standard InChI is InChI=1S/C22H34N2O4/c1-15(2)19-10-9-16(3)13-22(19,27)21(26)24-14-18(20(25)28-12-11-23)17-7-5-4-6-8-17/h4-8,15-16,18-19,27H,9-14,23H2,1-3H3,(H,24,26)/t16-,18?,19+,22+/m1/s1. The number of hydrogen-bond acceptors (Lipinski definition) is 5. The molecule has 6 nitrogen and oxygen atoms in total. The number of nitrogens with two attached hydrogens (primary N) is 1.